The zero-order valence-electron chi connectivity index (χ0n) is 11.2. The summed E-state index contributed by atoms with van der Waals surface area (Å²) in [6, 6.07) is 14.2. The molecule has 0 aliphatic heterocycles. The first kappa shape index (κ1) is 13.2. The molecule has 0 amide bonds. The first-order valence-corrected chi connectivity index (χ1v) is 8.07. The molecule has 1 heterocycles. The second-order valence-electron chi connectivity index (χ2n) is 4.37. The van der Waals surface area contributed by atoms with Gasteiger partial charge in [0.05, 0.1) is 0 Å². The van der Waals surface area contributed by atoms with Crippen LogP contribution in [-0.2, 0) is 6.54 Å². The van der Waals surface area contributed by atoms with Crippen molar-refractivity contribution in [3.63, 3.8) is 0 Å². The zero-order chi connectivity index (χ0) is 13.8. The summed E-state index contributed by atoms with van der Waals surface area (Å²) in [7, 11) is 0. The molecule has 1 N–H and O–H groups in total. The van der Waals surface area contributed by atoms with Crippen molar-refractivity contribution in [3.05, 3.63) is 48.0 Å². The standard InChI is InChI=1S/C15H15N3OSe/c1-2-19-12-6-3-5-11(9-12)10-16-13-7-4-8-14-15(13)18-20-17-14/h3-9,16H,2,10H2,1H3. The molecule has 102 valence electrons. The van der Waals surface area contributed by atoms with Gasteiger partial charge < -0.3 is 0 Å². The average molecular weight is 332 g/mol. The Labute approximate surface area is 124 Å². The molecule has 0 atom stereocenters. The number of aromatic nitrogens is 2. The summed E-state index contributed by atoms with van der Waals surface area (Å²) in [5.74, 6) is 0.910. The van der Waals surface area contributed by atoms with Crippen LogP contribution in [0.15, 0.2) is 42.5 Å². The van der Waals surface area contributed by atoms with Crippen LogP contribution in [0.5, 0.6) is 5.75 Å². The molecule has 0 saturated carbocycles. The summed E-state index contributed by atoms with van der Waals surface area (Å²) in [6.07, 6.45) is 0. The number of benzene rings is 2. The molecule has 0 spiro atoms. The minimum atomic E-state index is 0.00893. The zero-order valence-corrected chi connectivity index (χ0v) is 12.9. The van der Waals surface area contributed by atoms with Crippen molar-refractivity contribution in [2.75, 3.05) is 11.9 Å². The van der Waals surface area contributed by atoms with Crippen molar-refractivity contribution >= 4 is 31.7 Å². The molecule has 3 rings (SSSR count). The topological polar surface area (TPSA) is 47.0 Å². The van der Waals surface area contributed by atoms with Gasteiger partial charge in [0.25, 0.3) is 0 Å². The van der Waals surface area contributed by atoms with Crippen LogP contribution < -0.4 is 10.1 Å². The van der Waals surface area contributed by atoms with E-state index >= 15 is 0 Å². The SMILES string of the molecule is CCOc1cccc(CNc2cccc3n[se]nc23)c1. The van der Waals surface area contributed by atoms with Gasteiger partial charge in [0.2, 0.25) is 0 Å². The molecule has 0 bridgehead atoms. The number of hydrogen-bond acceptors (Lipinski definition) is 4. The van der Waals surface area contributed by atoms with Gasteiger partial charge in [-0.05, 0) is 0 Å². The monoisotopic (exact) mass is 333 g/mol. The fourth-order valence-corrected chi connectivity index (χ4v) is 3.21. The summed E-state index contributed by atoms with van der Waals surface area (Å²) < 4.78 is 14.4. The average Bonchev–Trinajstić information content (AvgIpc) is 2.95. The predicted octanol–water partition coefficient (Wildman–Crippen LogP) is 2.70. The van der Waals surface area contributed by atoms with Crippen LogP contribution in [0.25, 0.3) is 11.0 Å². The molecular formula is C15H15N3OSe. The Morgan fingerprint density at radius 1 is 1.15 bits per heavy atom. The number of anilines is 1. The van der Waals surface area contributed by atoms with Gasteiger partial charge in [-0.1, -0.05) is 0 Å². The fraction of sp³-hybridized carbons (Fsp3) is 0.200. The van der Waals surface area contributed by atoms with Gasteiger partial charge in [-0.2, -0.15) is 0 Å². The molecular weight excluding hydrogens is 317 g/mol. The second kappa shape index (κ2) is 6.07. The van der Waals surface area contributed by atoms with E-state index in [0.717, 1.165) is 29.0 Å². The number of nitrogens with zero attached hydrogens (tertiary/aromatic N) is 2. The molecule has 2 aromatic carbocycles. The van der Waals surface area contributed by atoms with Gasteiger partial charge in [-0.15, -0.1) is 0 Å². The molecule has 0 fully saturated rings. The number of rotatable bonds is 5. The number of fused-ring (bicyclic) bond motifs is 1. The van der Waals surface area contributed by atoms with Crippen LogP contribution in [0.4, 0.5) is 5.69 Å². The van der Waals surface area contributed by atoms with E-state index < -0.39 is 0 Å². The van der Waals surface area contributed by atoms with E-state index in [0.29, 0.717) is 6.61 Å². The molecule has 0 unspecified atom stereocenters. The van der Waals surface area contributed by atoms with E-state index in [9.17, 15) is 0 Å². The Morgan fingerprint density at radius 2 is 2.05 bits per heavy atom. The maximum absolute atomic E-state index is 5.51. The molecule has 4 nitrogen and oxygen atoms in total. The number of nitrogens with one attached hydrogen (secondary N) is 1. The Kier molecular flexibility index (Phi) is 4.00. The first-order chi connectivity index (χ1) is 9.86. The predicted molar refractivity (Wildman–Crippen MR) is 81.4 cm³/mol. The third kappa shape index (κ3) is 2.84. The molecule has 20 heavy (non-hydrogen) atoms. The van der Waals surface area contributed by atoms with E-state index in [1.807, 2.05) is 37.3 Å². The van der Waals surface area contributed by atoms with Gasteiger partial charge in [-0.25, -0.2) is 0 Å². The van der Waals surface area contributed by atoms with Crippen molar-refractivity contribution in [1.82, 2.24) is 7.96 Å². The van der Waals surface area contributed by atoms with Gasteiger partial charge in [0, 0.05) is 0 Å². The van der Waals surface area contributed by atoms with E-state index in [1.165, 1.54) is 5.56 Å². The third-order valence-corrected chi connectivity index (χ3v) is 4.12. The molecule has 0 aliphatic carbocycles. The van der Waals surface area contributed by atoms with Crippen LogP contribution in [0.1, 0.15) is 12.5 Å². The second-order valence-corrected chi connectivity index (χ2v) is 5.48. The molecule has 0 radical (unpaired) electrons. The Balaban J connectivity index is 1.76. The molecule has 1 aromatic heterocycles. The molecule has 0 saturated heterocycles. The van der Waals surface area contributed by atoms with Crippen molar-refractivity contribution in [2.45, 2.75) is 13.5 Å². The van der Waals surface area contributed by atoms with Crippen LogP contribution in [0.2, 0.25) is 0 Å². The van der Waals surface area contributed by atoms with Crippen LogP contribution in [0, 0.1) is 0 Å². The van der Waals surface area contributed by atoms with E-state index in [2.05, 4.69) is 25.4 Å². The summed E-state index contributed by atoms with van der Waals surface area (Å²) in [6.45, 7) is 3.43. The minimum absolute atomic E-state index is 0.00893. The van der Waals surface area contributed by atoms with Crippen molar-refractivity contribution < 1.29 is 4.74 Å². The summed E-state index contributed by atoms with van der Waals surface area (Å²) in [4.78, 5) is 0. The van der Waals surface area contributed by atoms with Gasteiger partial charge in [0.15, 0.2) is 0 Å². The number of hydrogen-bond donors (Lipinski definition) is 1. The quantitative estimate of drug-likeness (QED) is 0.730. The van der Waals surface area contributed by atoms with E-state index in [-0.39, 0.29) is 15.0 Å². The van der Waals surface area contributed by atoms with Gasteiger partial charge in [0.1, 0.15) is 0 Å². The summed E-state index contributed by atoms with van der Waals surface area (Å²) in [5.41, 5.74) is 4.23. The van der Waals surface area contributed by atoms with Crippen molar-refractivity contribution in [1.29, 1.82) is 0 Å². The van der Waals surface area contributed by atoms with Gasteiger partial charge >= 0.3 is 124 Å². The van der Waals surface area contributed by atoms with Crippen molar-refractivity contribution in [2.24, 2.45) is 0 Å². The maximum atomic E-state index is 5.51. The first-order valence-electron chi connectivity index (χ1n) is 6.53. The van der Waals surface area contributed by atoms with E-state index in [4.69, 9.17) is 4.74 Å². The summed E-state index contributed by atoms with van der Waals surface area (Å²) in [5, 5.41) is 3.43. The Hall–Kier alpha value is -1.84. The van der Waals surface area contributed by atoms with E-state index in [1.54, 1.807) is 0 Å². The summed E-state index contributed by atoms with van der Waals surface area (Å²) >= 11 is 0.00893. The van der Waals surface area contributed by atoms with Crippen LogP contribution >= 0.6 is 0 Å². The molecule has 3 aromatic rings. The van der Waals surface area contributed by atoms with Crippen molar-refractivity contribution in [3.8, 4) is 5.75 Å². The Morgan fingerprint density at radius 3 is 2.95 bits per heavy atom. The molecule has 0 aliphatic rings. The fourth-order valence-electron chi connectivity index (χ4n) is 2.06. The number of ether oxygens (including phenoxy) is 1. The van der Waals surface area contributed by atoms with Crippen LogP contribution in [0.3, 0.4) is 0 Å². The Bertz CT molecular complexity index is 711. The third-order valence-electron chi connectivity index (χ3n) is 2.98. The van der Waals surface area contributed by atoms with Crippen LogP contribution in [-0.4, -0.2) is 29.5 Å². The normalized spacial score (nSPS) is 10.7. The van der Waals surface area contributed by atoms with Gasteiger partial charge in [-0.3, -0.25) is 0 Å². The molecule has 5 heteroatoms.